The molecule has 0 radical (unpaired) electrons. The van der Waals surface area contributed by atoms with Gasteiger partial charge in [-0.05, 0) is 53.1 Å². The van der Waals surface area contributed by atoms with Gasteiger partial charge in [-0.3, -0.25) is 14.2 Å². The number of carbonyl (C=O) groups excluding carboxylic acids is 1. The molecule has 1 amide bonds. The van der Waals surface area contributed by atoms with E-state index in [-0.39, 0.29) is 12.5 Å². The number of carbonyl (C=O) groups is 1. The predicted molar refractivity (Wildman–Crippen MR) is 134 cm³/mol. The van der Waals surface area contributed by atoms with Gasteiger partial charge in [0.25, 0.3) is 0 Å². The van der Waals surface area contributed by atoms with Crippen LogP contribution in [0.15, 0.2) is 42.7 Å². The predicted octanol–water partition coefficient (Wildman–Crippen LogP) is 3.28. The van der Waals surface area contributed by atoms with Gasteiger partial charge in [0, 0.05) is 54.3 Å². The van der Waals surface area contributed by atoms with Crippen LogP contribution in [0.1, 0.15) is 11.3 Å². The largest absolute Gasteiger partial charge is 0.347 e. The average molecular weight is 554 g/mol. The van der Waals surface area contributed by atoms with Crippen LogP contribution >= 0.6 is 22.6 Å². The first kappa shape index (κ1) is 21.6. The minimum absolute atomic E-state index is 0.0260. The highest BCUT2D eigenvalue weighted by molar-refractivity contribution is 14.1. The fourth-order valence-electron chi connectivity index (χ4n) is 3.97. The smallest absolute Gasteiger partial charge is 0.243 e. The summed E-state index contributed by atoms with van der Waals surface area (Å²) >= 11 is 2.31. The van der Waals surface area contributed by atoms with Gasteiger partial charge in [-0.1, -0.05) is 12.1 Å². The highest BCUT2D eigenvalue weighted by Crippen LogP contribution is 2.39. The maximum absolute atomic E-state index is 11.9. The number of halogens is 1. The molecule has 1 aliphatic rings. The molecule has 5 rings (SSSR count). The summed E-state index contributed by atoms with van der Waals surface area (Å²) in [6.45, 7) is 0.179. The fraction of sp³-hybridized carbons (Fsp3) is 0.261. The topological polar surface area (TPSA) is 93.8 Å². The van der Waals surface area contributed by atoms with Crippen LogP contribution in [0.4, 0.5) is 11.8 Å². The molecule has 33 heavy (non-hydrogen) atoms. The van der Waals surface area contributed by atoms with Crippen LogP contribution < -0.4 is 5.32 Å². The van der Waals surface area contributed by atoms with Crippen LogP contribution in [-0.2, 0) is 31.2 Å². The third-order valence-corrected chi connectivity index (χ3v) is 6.37. The van der Waals surface area contributed by atoms with Crippen molar-refractivity contribution in [3.8, 4) is 22.5 Å². The van der Waals surface area contributed by atoms with Crippen molar-refractivity contribution in [3.63, 3.8) is 0 Å². The molecule has 10 heteroatoms. The Morgan fingerprint density at radius 1 is 1.15 bits per heavy atom. The maximum Gasteiger partial charge on any atom is 0.243 e. The number of nitrogens with zero attached hydrogens (tertiary/aromatic N) is 7. The van der Waals surface area contributed by atoms with E-state index >= 15 is 0 Å². The van der Waals surface area contributed by atoms with Crippen molar-refractivity contribution in [2.75, 3.05) is 19.4 Å². The van der Waals surface area contributed by atoms with E-state index in [9.17, 15) is 4.79 Å². The maximum atomic E-state index is 11.9. The van der Waals surface area contributed by atoms with Gasteiger partial charge in [-0.2, -0.15) is 10.2 Å². The molecule has 0 bridgehead atoms. The molecule has 0 aliphatic heterocycles. The Balaban J connectivity index is 1.48. The second-order valence-electron chi connectivity index (χ2n) is 8.18. The standard InChI is InChI=1S/C23H23IN8O/c1-30(2)19(33)13-32-11-10-18(29-32)26-23-25-12-15-6-9-17-20(21(15)27-23)22(31(3)28-17)14-4-7-16(24)8-5-14/h4-5,7-8,10-12H,6,9,13H2,1-3H3,(H,25,26,27,29). The number of rotatable bonds is 5. The number of aryl methyl sites for hydroxylation is 3. The van der Waals surface area contributed by atoms with Crippen LogP contribution in [0.3, 0.4) is 0 Å². The molecule has 1 N–H and O–H groups in total. The number of hydrogen-bond acceptors (Lipinski definition) is 6. The zero-order valence-electron chi connectivity index (χ0n) is 18.6. The van der Waals surface area contributed by atoms with Gasteiger partial charge in [0.1, 0.15) is 6.54 Å². The lowest BCUT2D eigenvalue weighted by Crippen LogP contribution is -2.26. The van der Waals surface area contributed by atoms with Crippen molar-refractivity contribution in [2.24, 2.45) is 7.05 Å². The van der Waals surface area contributed by atoms with E-state index in [4.69, 9.17) is 10.1 Å². The van der Waals surface area contributed by atoms with Gasteiger partial charge in [-0.25, -0.2) is 9.97 Å². The van der Waals surface area contributed by atoms with Gasteiger partial charge in [0.05, 0.1) is 17.1 Å². The Kier molecular flexibility index (Phi) is 5.60. The summed E-state index contributed by atoms with van der Waals surface area (Å²) in [6, 6.07) is 10.2. The minimum atomic E-state index is -0.0260. The number of benzene rings is 1. The minimum Gasteiger partial charge on any atom is -0.347 e. The lowest BCUT2D eigenvalue weighted by Gasteiger charge is -2.16. The second-order valence-corrected chi connectivity index (χ2v) is 9.43. The van der Waals surface area contributed by atoms with Crippen LogP contribution in [0.25, 0.3) is 22.5 Å². The van der Waals surface area contributed by atoms with E-state index in [0.29, 0.717) is 11.8 Å². The Morgan fingerprint density at radius 2 is 1.94 bits per heavy atom. The van der Waals surface area contributed by atoms with Crippen LogP contribution in [0.5, 0.6) is 0 Å². The van der Waals surface area contributed by atoms with E-state index in [1.807, 2.05) is 17.9 Å². The fourth-order valence-corrected chi connectivity index (χ4v) is 4.33. The summed E-state index contributed by atoms with van der Waals surface area (Å²) in [4.78, 5) is 22.8. The number of anilines is 2. The molecule has 9 nitrogen and oxygen atoms in total. The van der Waals surface area contributed by atoms with E-state index < -0.39 is 0 Å². The molecule has 0 saturated heterocycles. The lowest BCUT2D eigenvalue weighted by molar-refractivity contribution is -0.129. The summed E-state index contributed by atoms with van der Waals surface area (Å²) in [5, 5.41) is 12.4. The van der Waals surface area contributed by atoms with Crippen molar-refractivity contribution in [1.29, 1.82) is 0 Å². The van der Waals surface area contributed by atoms with Gasteiger partial charge < -0.3 is 10.2 Å². The number of aromatic nitrogens is 6. The molecule has 0 spiro atoms. The monoisotopic (exact) mass is 554 g/mol. The molecule has 0 unspecified atom stereocenters. The molecule has 3 heterocycles. The van der Waals surface area contributed by atoms with E-state index in [1.165, 1.54) is 8.47 Å². The third kappa shape index (κ3) is 4.22. The molecule has 0 fully saturated rings. The summed E-state index contributed by atoms with van der Waals surface area (Å²) in [7, 11) is 5.43. The molecule has 4 aromatic rings. The molecule has 1 aromatic carbocycles. The van der Waals surface area contributed by atoms with E-state index in [2.05, 4.69) is 62.3 Å². The second kappa shape index (κ2) is 8.58. The molecule has 1 aliphatic carbocycles. The highest BCUT2D eigenvalue weighted by atomic mass is 127. The van der Waals surface area contributed by atoms with Gasteiger partial charge in [-0.15, -0.1) is 0 Å². The SMILES string of the molecule is CN(C)C(=O)Cn1ccc(Nc2ncc3c(n2)-c2c(nn(C)c2-c2ccc(I)cc2)CC3)n1. The molecule has 0 saturated carbocycles. The van der Waals surface area contributed by atoms with Crippen molar-refractivity contribution < 1.29 is 4.79 Å². The summed E-state index contributed by atoms with van der Waals surface area (Å²) < 4.78 is 4.73. The van der Waals surface area contributed by atoms with Crippen LogP contribution in [0, 0.1) is 3.57 Å². The van der Waals surface area contributed by atoms with Crippen molar-refractivity contribution >= 4 is 40.3 Å². The zero-order chi connectivity index (χ0) is 23.1. The van der Waals surface area contributed by atoms with Crippen molar-refractivity contribution in [1.82, 2.24) is 34.4 Å². The average Bonchev–Trinajstić information content (AvgIpc) is 3.37. The lowest BCUT2D eigenvalue weighted by atomic mass is 9.91. The molecule has 168 valence electrons. The number of fused-ring (bicyclic) bond motifs is 3. The first-order valence-corrected chi connectivity index (χ1v) is 11.7. The Bertz CT molecular complexity index is 1340. The number of nitrogens with one attached hydrogen (secondary N) is 1. The van der Waals surface area contributed by atoms with Gasteiger partial charge in [0.15, 0.2) is 5.82 Å². The first-order valence-electron chi connectivity index (χ1n) is 10.6. The quantitative estimate of drug-likeness (QED) is 0.381. The molecule has 0 atom stereocenters. The molecular weight excluding hydrogens is 531 g/mol. The summed E-state index contributed by atoms with van der Waals surface area (Å²) in [5.41, 5.74) is 6.28. The van der Waals surface area contributed by atoms with Crippen LogP contribution in [0.2, 0.25) is 0 Å². The van der Waals surface area contributed by atoms with Gasteiger partial charge >= 0.3 is 0 Å². The summed E-state index contributed by atoms with van der Waals surface area (Å²) in [6.07, 6.45) is 5.36. The number of hydrogen-bond donors (Lipinski definition) is 1. The first-order chi connectivity index (χ1) is 15.9. The summed E-state index contributed by atoms with van der Waals surface area (Å²) in [5.74, 6) is 1.02. The Hall–Kier alpha value is -3.28. The highest BCUT2D eigenvalue weighted by Gasteiger charge is 2.27. The van der Waals surface area contributed by atoms with Gasteiger partial charge in [0.2, 0.25) is 11.9 Å². The number of likely N-dealkylation sites (N-methyl/N-ethyl adjacent to an activating group) is 1. The Labute approximate surface area is 205 Å². The molecule has 3 aromatic heterocycles. The van der Waals surface area contributed by atoms with Crippen LogP contribution in [-0.4, -0.2) is 54.4 Å². The third-order valence-electron chi connectivity index (χ3n) is 5.65. The zero-order valence-corrected chi connectivity index (χ0v) is 20.7. The van der Waals surface area contributed by atoms with Crippen molar-refractivity contribution in [3.05, 3.63) is 57.6 Å². The van der Waals surface area contributed by atoms with E-state index in [0.717, 1.165) is 46.6 Å². The molecular formula is C23H23IN8O. The number of amides is 1. The normalized spacial score (nSPS) is 12.2. The Morgan fingerprint density at radius 3 is 2.70 bits per heavy atom. The van der Waals surface area contributed by atoms with E-state index in [1.54, 1.807) is 31.0 Å². The van der Waals surface area contributed by atoms with Crippen molar-refractivity contribution in [2.45, 2.75) is 19.4 Å².